The van der Waals surface area contributed by atoms with Crippen LogP contribution in [0.1, 0.15) is 19.5 Å². The molecule has 0 aromatic carbocycles. The van der Waals surface area contributed by atoms with Crippen molar-refractivity contribution >= 4 is 21.6 Å². The molecule has 2 rings (SSSR count). The van der Waals surface area contributed by atoms with Crippen molar-refractivity contribution in [2.24, 2.45) is 5.92 Å². The summed E-state index contributed by atoms with van der Waals surface area (Å²) in [5.41, 5.74) is 2.15. The summed E-state index contributed by atoms with van der Waals surface area (Å²) in [5.74, 6) is 0.571. The minimum absolute atomic E-state index is 0.143. The van der Waals surface area contributed by atoms with Gasteiger partial charge < -0.3 is 4.98 Å². The van der Waals surface area contributed by atoms with Gasteiger partial charge in [-0.05, 0) is 23.8 Å². The number of nitrogens with one attached hydrogen (secondary N) is 1. The molecule has 0 spiro atoms. The molecule has 0 saturated carbocycles. The van der Waals surface area contributed by atoms with Crippen molar-refractivity contribution in [2.75, 3.05) is 0 Å². The van der Waals surface area contributed by atoms with E-state index in [4.69, 9.17) is 0 Å². The highest BCUT2D eigenvalue weighted by atomic mass is 32.1. The highest BCUT2D eigenvalue weighted by molar-refractivity contribution is 7.17. The van der Waals surface area contributed by atoms with Crippen LogP contribution in [0.2, 0.25) is 0 Å². The molecule has 2 nitrogen and oxygen atoms in total. The molecule has 2 heterocycles. The zero-order valence-electron chi connectivity index (χ0n) is 8.33. The maximum absolute atomic E-state index is 11.6. The predicted octanol–water partition coefficient (Wildman–Crippen LogP) is 2.79. The van der Waals surface area contributed by atoms with Crippen LogP contribution >= 0.6 is 11.3 Å². The maximum atomic E-state index is 11.6. The van der Waals surface area contributed by atoms with Crippen LogP contribution in [0.5, 0.6) is 0 Å². The molecule has 3 heteroatoms. The zero-order chi connectivity index (χ0) is 10.1. The quantitative estimate of drug-likeness (QED) is 0.807. The number of aromatic amines is 1. The summed E-state index contributed by atoms with van der Waals surface area (Å²) in [7, 11) is 0. The summed E-state index contributed by atoms with van der Waals surface area (Å²) in [6.45, 7) is 4.30. The van der Waals surface area contributed by atoms with Crippen molar-refractivity contribution < 1.29 is 0 Å². The number of hydrogen-bond acceptors (Lipinski definition) is 2. The Balaban J connectivity index is 2.53. The molecule has 0 aliphatic carbocycles. The number of pyridine rings is 1. The predicted molar refractivity (Wildman–Crippen MR) is 61.0 cm³/mol. The van der Waals surface area contributed by atoms with E-state index in [1.807, 2.05) is 11.4 Å². The van der Waals surface area contributed by atoms with Gasteiger partial charge in [-0.15, -0.1) is 11.3 Å². The number of thiophene rings is 1. The Bertz CT molecular complexity index is 495. The molecule has 1 N–H and O–H groups in total. The maximum Gasteiger partial charge on any atom is 0.199 e. The van der Waals surface area contributed by atoms with Gasteiger partial charge in [-0.3, -0.25) is 4.79 Å². The summed E-state index contributed by atoms with van der Waals surface area (Å²) in [6, 6.07) is 3.68. The normalized spacial score (nSPS) is 11.4. The molecule has 0 aliphatic rings. The smallest absolute Gasteiger partial charge is 0.199 e. The average molecular weight is 207 g/mol. The van der Waals surface area contributed by atoms with Crippen LogP contribution in [-0.2, 0) is 6.42 Å². The van der Waals surface area contributed by atoms with Crippen LogP contribution in [0.4, 0.5) is 0 Å². The van der Waals surface area contributed by atoms with Gasteiger partial charge in [-0.25, -0.2) is 0 Å². The second kappa shape index (κ2) is 3.58. The standard InChI is InChI=1S/C11H13NOS/c1-7(2)5-8-6-10(13)11-9(12-8)3-4-14-11/h3-4,6-7H,5H2,1-2H3,(H,12,13). The van der Waals surface area contributed by atoms with Crippen LogP contribution < -0.4 is 5.43 Å². The van der Waals surface area contributed by atoms with Gasteiger partial charge in [0.05, 0.1) is 10.2 Å². The second-order valence-electron chi connectivity index (χ2n) is 3.92. The van der Waals surface area contributed by atoms with Crippen LogP contribution in [0, 0.1) is 5.92 Å². The fourth-order valence-corrected chi connectivity index (χ4v) is 2.34. The molecule has 0 amide bonds. The molecule has 74 valence electrons. The second-order valence-corrected chi connectivity index (χ2v) is 4.84. The molecule has 0 atom stereocenters. The van der Waals surface area contributed by atoms with E-state index < -0.39 is 0 Å². The number of fused-ring (bicyclic) bond motifs is 1. The van der Waals surface area contributed by atoms with Crippen molar-refractivity contribution in [3.63, 3.8) is 0 Å². The Morgan fingerprint density at radius 3 is 3.00 bits per heavy atom. The average Bonchev–Trinajstić information content (AvgIpc) is 2.50. The summed E-state index contributed by atoms with van der Waals surface area (Å²) >= 11 is 1.50. The van der Waals surface area contributed by atoms with Gasteiger partial charge in [0.1, 0.15) is 0 Å². The van der Waals surface area contributed by atoms with Gasteiger partial charge in [0.15, 0.2) is 5.43 Å². The third-order valence-corrected chi connectivity index (χ3v) is 3.05. The first kappa shape index (κ1) is 9.46. The van der Waals surface area contributed by atoms with Crippen LogP contribution in [0.3, 0.4) is 0 Å². The lowest BCUT2D eigenvalue weighted by Crippen LogP contribution is -2.05. The minimum atomic E-state index is 0.143. The van der Waals surface area contributed by atoms with Crippen LogP contribution in [0.15, 0.2) is 22.3 Å². The molecule has 14 heavy (non-hydrogen) atoms. The number of aromatic nitrogens is 1. The number of H-pyrrole nitrogens is 1. The fraction of sp³-hybridized carbons (Fsp3) is 0.364. The molecule has 0 unspecified atom stereocenters. The lowest BCUT2D eigenvalue weighted by atomic mass is 10.1. The molecule has 2 aromatic rings. The Labute approximate surface area is 86.6 Å². The third kappa shape index (κ3) is 1.73. The van der Waals surface area contributed by atoms with Gasteiger partial charge >= 0.3 is 0 Å². The van der Waals surface area contributed by atoms with Crippen molar-refractivity contribution in [3.05, 3.63) is 33.4 Å². The highest BCUT2D eigenvalue weighted by Gasteiger charge is 2.04. The van der Waals surface area contributed by atoms with Gasteiger partial charge in [-0.2, -0.15) is 0 Å². The lowest BCUT2D eigenvalue weighted by Gasteiger charge is -2.04. The SMILES string of the molecule is CC(C)Cc1cc(=O)c2sccc2[nH]1. The van der Waals surface area contributed by atoms with E-state index in [2.05, 4.69) is 18.8 Å². The van der Waals surface area contributed by atoms with E-state index >= 15 is 0 Å². The van der Waals surface area contributed by atoms with Gasteiger partial charge in [0.2, 0.25) is 0 Å². The molecular formula is C11H13NOS. The lowest BCUT2D eigenvalue weighted by molar-refractivity contribution is 0.637. The third-order valence-electron chi connectivity index (χ3n) is 2.12. The molecule has 0 bridgehead atoms. The molecular weight excluding hydrogens is 194 g/mol. The van der Waals surface area contributed by atoms with Crippen molar-refractivity contribution in [1.82, 2.24) is 4.98 Å². The Morgan fingerprint density at radius 2 is 2.29 bits per heavy atom. The number of rotatable bonds is 2. The van der Waals surface area contributed by atoms with Crippen molar-refractivity contribution in [2.45, 2.75) is 20.3 Å². The molecule has 0 saturated heterocycles. The highest BCUT2D eigenvalue weighted by Crippen LogP contribution is 2.15. The van der Waals surface area contributed by atoms with Crippen molar-refractivity contribution in [1.29, 1.82) is 0 Å². The Morgan fingerprint density at radius 1 is 1.50 bits per heavy atom. The minimum Gasteiger partial charge on any atom is -0.357 e. The molecule has 0 aliphatic heterocycles. The Kier molecular flexibility index (Phi) is 2.42. The first-order valence-electron chi connectivity index (χ1n) is 4.76. The van der Waals surface area contributed by atoms with E-state index in [0.717, 1.165) is 22.3 Å². The van der Waals surface area contributed by atoms with Gasteiger partial charge in [0.25, 0.3) is 0 Å². The van der Waals surface area contributed by atoms with E-state index in [1.165, 1.54) is 11.3 Å². The summed E-state index contributed by atoms with van der Waals surface area (Å²) in [4.78, 5) is 14.9. The largest absolute Gasteiger partial charge is 0.357 e. The molecule has 0 fully saturated rings. The van der Waals surface area contributed by atoms with E-state index in [9.17, 15) is 4.79 Å². The number of hydrogen-bond donors (Lipinski definition) is 1. The monoisotopic (exact) mass is 207 g/mol. The van der Waals surface area contributed by atoms with E-state index in [-0.39, 0.29) is 5.43 Å². The van der Waals surface area contributed by atoms with Crippen LogP contribution in [0.25, 0.3) is 10.2 Å². The van der Waals surface area contributed by atoms with Gasteiger partial charge in [0, 0.05) is 11.8 Å². The molecule has 0 radical (unpaired) electrons. The Hall–Kier alpha value is -1.09. The van der Waals surface area contributed by atoms with Crippen molar-refractivity contribution in [3.8, 4) is 0 Å². The topological polar surface area (TPSA) is 32.9 Å². The summed E-state index contributed by atoms with van der Waals surface area (Å²) in [5, 5.41) is 1.95. The summed E-state index contributed by atoms with van der Waals surface area (Å²) < 4.78 is 0.831. The first-order chi connectivity index (χ1) is 6.66. The zero-order valence-corrected chi connectivity index (χ0v) is 9.15. The summed E-state index contributed by atoms with van der Waals surface area (Å²) in [6.07, 6.45) is 0.932. The first-order valence-corrected chi connectivity index (χ1v) is 5.64. The van der Waals surface area contributed by atoms with E-state index in [0.29, 0.717) is 5.92 Å². The fourth-order valence-electron chi connectivity index (χ4n) is 1.58. The van der Waals surface area contributed by atoms with E-state index in [1.54, 1.807) is 6.07 Å². The molecule has 2 aromatic heterocycles. The van der Waals surface area contributed by atoms with Crippen LogP contribution in [-0.4, -0.2) is 4.98 Å². The van der Waals surface area contributed by atoms with Gasteiger partial charge in [-0.1, -0.05) is 13.8 Å².